The Labute approximate surface area is 161 Å². The molecule has 138 valence electrons. The van der Waals surface area contributed by atoms with Crippen molar-refractivity contribution in [3.63, 3.8) is 0 Å². The fourth-order valence-corrected chi connectivity index (χ4v) is 5.10. The minimum atomic E-state index is 1.09. The Morgan fingerprint density at radius 1 is 0.885 bits per heavy atom. The van der Waals surface area contributed by atoms with Crippen molar-refractivity contribution in [2.75, 3.05) is 18.0 Å². The molecular weight excluding hydrogens is 336 g/mol. The van der Waals surface area contributed by atoms with Crippen LogP contribution in [0.4, 0.5) is 5.69 Å². The summed E-state index contributed by atoms with van der Waals surface area (Å²) in [6.45, 7) is 15.5. The van der Waals surface area contributed by atoms with E-state index in [1.807, 2.05) is 11.3 Å². The molecule has 3 rings (SSSR count). The summed E-state index contributed by atoms with van der Waals surface area (Å²) >= 11 is 1.87. The summed E-state index contributed by atoms with van der Waals surface area (Å²) in [7, 11) is 0. The fourth-order valence-electron chi connectivity index (χ4n) is 4.03. The lowest BCUT2D eigenvalue weighted by Gasteiger charge is -2.23. The Bertz CT molecular complexity index is 894. The highest BCUT2D eigenvalue weighted by molar-refractivity contribution is 7.19. The first-order valence-corrected chi connectivity index (χ1v) is 10.5. The normalized spacial score (nSPS) is 11.3. The molecule has 0 amide bonds. The van der Waals surface area contributed by atoms with E-state index in [1.165, 1.54) is 43.1 Å². The number of aryl methyl sites for hydroxylation is 4. The first kappa shape index (κ1) is 18.9. The largest absolute Gasteiger partial charge is 0.370 e. The van der Waals surface area contributed by atoms with E-state index in [1.54, 1.807) is 0 Å². The molecular formula is C23H30N2S. The van der Waals surface area contributed by atoms with Gasteiger partial charge in [0.15, 0.2) is 0 Å². The maximum Gasteiger partial charge on any atom is 0.0892 e. The molecule has 0 saturated heterocycles. The van der Waals surface area contributed by atoms with Crippen LogP contribution in [0.3, 0.4) is 0 Å². The lowest BCUT2D eigenvalue weighted by molar-refractivity contribution is 0.744. The average molecular weight is 367 g/mol. The molecule has 3 heteroatoms. The first-order chi connectivity index (χ1) is 12.5. The molecule has 0 N–H and O–H groups in total. The SMILES string of the molecule is CCCN(CCC)c1cnc2c(-c3c(C)cc(C)cc3C)c(C)sc2c1. The number of hydrogen-bond acceptors (Lipinski definition) is 3. The molecule has 0 unspecified atom stereocenters. The number of nitrogens with zero attached hydrogens (tertiary/aromatic N) is 2. The van der Waals surface area contributed by atoms with Gasteiger partial charge in [0.25, 0.3) is 0 Å². The summed E-state index contributed by atoms with van der Waals surface area (Å²) in [6, 6.07) is 6.90. The predicted octanol–water partition coefficient (Wildman–Crippen LogP) is 6.82. The molecule has 0 radical (unpaired) electrons. The maximum absolute atomic E-state index is 4.94. The van der Waals surface area contributed by atoms with Crippen LogP contribution in [0.15, 0.2) is 24.4 Å². The predicted molar refractivity (Wildman–Crippen MR) is 117 cm³/mol. The summed E-state index contributed by atoms with van der Waals surface area (Å²) in [4.78, 5) is 8.76. The van der Waals surface area contributed by atoms with Gasteiger partial charge < -0.3 is 4.90 Å². The minimum absolute atomic E-state index is 1.09. The van der Waals surface area contributed by atoms with Gasteiger partial charge in [0, 0.05) is 23.5 Å². The van der Waals surface area contributed by atoms with Crippen LogP contribution in [0.5, 0.6) is 0 Å². The Balaban J connectivity index is 2.14. The molecule has 2 nitrogen and oxygen atoms in total. The Hall–Kier alpha value is -1.87. The third-order valence-electron chi connectivity index (χ3n) is 4.97. The number of rotatable bonds is 6. The van der Waals surface area contributed by atoms with Gasteiger partial charge in [-0.05, 0) is 63.3 Å². The number of pyridine rings is 1. The van der Waals surface area contributed by atoms with E-state index >= 15 is 0 Å². The minimum Gasteiger partial charge on any atom is -0.370 e. The molecule has 0 aliphatic rings. The van der Waals surface area contributed by atoms with Crippen molar-refractivity contribution in [2.24, 2.45) is 0 Å². The van der Waals surface area contributed by atoms with Gasteiger partial charge in [-0.15, -0.1) is 11.3 Å². The number of fused-ring (bicyclic) bond motifs is 1. The number of hydrogen-bond donors (Lipinski definition) is 0. The standard InChI is InChI=1S/C23H30N2S/c1-7-9-25(10-8-2)19-13-20-23(24-14-19)22(18(6)26-20)21-16(4)11-15(3)12-17(21)5/h11-14H,7-10H2,1-6H3. The van der Waals surface area contributed by atoms with Crippen molar-refractivity contribution in [3.8, 4) is 11.1 Å². The second kappa shape index (κ2) is 7.79. The zero-order chi connectivity index (χ0) is 18.8. The molecule has 0 saturated carbocycles. The van der Waals surface area contributed by atoms with E-state index in [0.717, 1.165) is 31.4 Å². The molecule has 2 heterocycles. The number of thiophene rings is 1. The first-order valence-electron chi connectivity index (χ1n) is 9.68. The van der Waals surface area contributed by atoms with E-state index in [-0.39, 0.29) is 0 Å². The molecule has 0 aliphatic carbocycles. The molecule has 3 aromatic rings. The van der Waals surface area contributed by atoms with Crippen molar-refractivity contribution >= 4 is 27.2 Å². The highest BCUT2D eigenvalue weighted by Crippen LogP contribution is 2.41. The van der Waals surface area contributed by atoms with Gasteiger partial charge in [-0.3, -0.25) is 4.98 Å². The van der Waals surface area contributed by atoms with Gasteiger partial charge in [0.05, 0.1) is 22.1 Å². The van der Waals surface area contributed by atoms with Gasteiger partial charge in [-0.2, -0.15) is 0 Å². The van der Waals surface area contributed by atoms with Crippen LogP contribution in [0, 0.1) is 27.7 Å². The van der Waals surface area contributed by atoms with Crippen molar-refractivity contribution in [2.45, 2.75) is 54.4 Å². The van der Waals surface area contributed by atoms with Gasteiger partial charge in [-0.1, -0.05) is 31.5 Å². The molecule has 1 aromatic carbocycles. The quantitative estimate of drug-likeness (QED) is 0.475. The topological polar surface area (TPSA) is 16.1 Å². The summed E-state index contributed by atoms with van der Waals surface area (Å²) in [5.41, 5.74) is 9.10. The van der Waals surface area contributed by atoms with Crippen LogP contribution in [0.25, 0.3) is 21.3 Å². The van der Waals surface area contributed by atoms with E-state index in [2.05, 4.69) is 70.8 Å². The number of benzene rings is 1. The molecule has 2 aromatic heterocycles. The monoisotopic (exact) mass is 366 g/mol. The Morgan fingerprint density at radius 3 is 2.08 bits per heavy atom. The van der Waals surface area contributed by atoms with Crippen LogP contribution in [0.1, 0.15) is 48.3 Å². The van der Waals surface area contributed by atoms with E-state index in [9.17, 15) is 0 Å². The van der Waals surface area contributed by atoms with E-state index < -0.39 is 0 Å². The average Bonchev–Trinajstić information content (AvgIpc) is 2.89. The second-order valence-corrected chi connectivity index (χ2v) is 8.59. The molecule has 0 fully saturated rings. The van der Waals surface area contributed by atoms with E-state index in [0.29, 0.717) is 0 Å². The van der Waals surface area contributed by atoms with Gasteiger partial charge in [0.1, 0.15) is 0 Å². The third kappa shape index (κ3) is 3.50. The van der Waals surface area contributed by atoms with Crippen LogP contribution < -0.4 is 4.90 Å². The summed E-state index contributed by atoms with van der Waals surface area (Å²) in [5, 5.41) is 0. The Morgan fingerprint density at radius 2 is 1.50 bits per heavy atom. The second-order valence-electron chi connectivity index (χ2n) is 7.33. The molecule has 26 heavy (non-hydrogen) atoms. The zero-order valence-corrected chi connectivity index (χ0v) is 17.8. The fraction of sp³-hybridized carbons (Fsp3) is 0.435. The third-order valence-corrected chi connectivity index (χ3v) is 6.01. The highest BCUT2D eigenvalue weighted by Gasteiger charge is 2.18. The van der Waals surface area contributed by atoms with Gasteiger partial charge in [-0.25, -0.2) is 0 Å². The van der Waals surface area contributed by atoms with Gasteiger partial charge in [0.2, 0.25) is 0 Å². The summed E-state index contributed by atoms with van der Waals surface area (Å²) in [6.07, 6.45) is 4.39. The number of anilines is 1. The molecule has 0 bridgehead atoms. The highest BCUT2D eigenvalue weighted by atomic mass is 32.1. The van der Waals surface area contributed by atoms with Crippen molar-refractivity contribution in [3.05, 3.63) is 46.0 Å². The van der Waals surface area contributed by atoms with Crippen LogP contribution in [0.2, 0.25) is 0 Å². The maximum atomic E-state index is 4.94. The van der Waals surface area contributed by atoms with Crippen LogP contribution in [-0.2, 0) is 0 Å². The molecule has 0 aliphatic heterocycles. The van der Waals surface area contributed by atoms with E-state index in [4.69, 9.17) is 4.98 Å². The van der Waals surface area contributed by atoms with Crippen LogP contribution in [-0.4, -0.2) is 18.1 Å². The van der Waals surface area contributed by atoms with Crippen molar-refractivity contribution in [1.82, 2.24) is 4.98 Å². The molecule has 0 spiro atoms. The molecule has 0 atom stereocenters. The van der Waals surface area contributed by atoms with Crippen molar-refractivity contribution in [1.29, 1.82) is 0 Å². The smallest absolute Gasteiger partial charge is 0.0892 e. The summed E-state index contributed by atoms with van der Waals surface area (Å²) in [5.74, 6) is 0. The van der Waals surface area contributed by atoms with Gasteiger partial charge >= 0.3 is 0 Å². The van der Waals surface area contributed by atoms with Crippen LogP contribution >= 0.6 is 11.3 Å². The van der Waals surface area contributed by atoms with Crippen molar-refractivity contribution < 1.29 is 0 Å². The zero-order valence-electron chi connectivity index (χ0n) is 16.9. The lowest BCUT2D eigenvalue weighted by atomic mass is 9.93. The Kier molecular flexibility index (Phi) is 5.67. The lowest BCUT2D eigenvalue weighted by Crippen LogP contribution is -2.24. The summed E-state index contributed by atoms with van der Waals surface area (Å²) < 4.78 is 1.30. The number of aromatic nitrogens is 1.